The van der Waals surface area contributed by atoms with Gasteiger partial charge in [-0.25, -0.2) is 17.9 Å². The first kappa shape index (κ1) is 10.9. The van der Waals surface area contributed by atoms with Crippen LogP contribution in [-0.2, 0) is 10.0 Å². The summed E-state index contributed by atoms with van der Waals surface area (Å²) in [5.74, 6) is -0.833. The van der Waals surface area contributed by atoms with Gasteiger partial charge in [-0.1, -0.05) is 27.5 Å². The maximum atomic E-state index is 12.9. The molecule has 1 aromatic rings. The minimum absolute atomic E-state index is 0.262. The van der Waals surface area contributed by atoms with E-state index in [9.17, 15) is 12.8 Å². The number of nitrogens with two attached hydrogens (primary N) is 1. The highest BCUT2D eigenvalue weighted by atomic mass is 79.9. The summed E-state index contributed by atoms with van der Waals surface area (Å²) in [6.07, 6.45) is 0. The van der Waals surface area contributed by atoms with Gasteiger partial charge in [0.1, 0.15) is 10.7 Å². The molecule has 72 valence electrons. The fourth-order valence-corrected chi connectivity index (χ4v) is 2.39. The van der Waals surface area contributed by atoms with Crippen LogP contribution in [0.15, 0.2) is 21.5 Å². The molecule has 0 heterocycles. The topological polar surface area (TPSA) is 60.2 Å². The van der Waals surface area contributed by atoms with E-state index in [4.69, 9.17) is 16.7 Å². The van der Waals surface area contributed by atoms with Crippen molar-refractivity contribution in [1.29, 1.82) is 0 Å². The molecular weight excluding hydrogens is 284 g/mol. The molecule has 7 heteroatoms. The van der Waals surface area contributed by atoms with Crippen molar-refractivity contribution in [2.24, 2.45) is 5.14 Å². The maximum Gasteiger partial charge on any atom is 0.239 e. The van der Waals surface area contributed by atoms with Gasteiger partial charge < -0.3 is 0 Å². The van der Waals surface area contributed by atoms with E-state index in [0.717, 1.165) is 12.1 Å². The molecule has 0 spiro atoms. The highest BCUT2D eigenvalue weighted by Gasteiger charge is 2.17. The molecule has 0 aliphatic rings. The van der Waals surface area contributed by atoms with Crippen LogP contribution in [0.3, 0.4) is 0 Å². The van der Waals surface area contributed by atoms with Gasteiger partial charge >= 0.3 is 0 Å². The lowest BCUT2D eigenvalue weighted by molar-refractivity contribution is 0.592. The molecule has 0 amide bonds. The summed E-state index contributed by atoms with van der Waals surface area (Å²) in [6, 6.07) is 2.19. The molecule has 1 rings (SSSR count). The number of primary sulfonamides is 1. The first-order valence-electron chi connectivity index (χ1n) is 2.99. The zero-order valence-electron chi connectivity index (χ0n) is 6.09. The van der Waals surface area contributed by atoms with Crippen molar-refractivity contribution in [3.63, 3.8) is 0 Å². The van der Waals surface area contributed by atoms with Crippen LogP contribution in [0, 0.1) is 5.82 Å². The lowest BCUT2D eigenvalue weighted by atomic mass is 10.3. The van der Waals surface area contributed by atoms with Crippen LogP contribution in [0.1, 0.15) is 0 Å². The van der Waals surface area contributed by atoms with Gasteiger partial charge in [-0.3, -0.25) is 0 Å². The summed E-state index contributed by atoms with van der Waals surface area (Å²) in [7, 11) is -3.98. The van der Waals surface area contributed by atoms with E-state index in [1.807, 2.05) is 0 Å². The highest BCUT2D eigenvalue weighted by molar-refractivity contribution is 9.10. The van der Waals surface area contributed by atoms with Gasteiger partial charge in [0.05, 0.1) is 5.02 Å². The van der Waals surface area contributed by atoms with E-state index in [0.29, 0.717) is 0 Å². The fourth-order valence-electron chi connectivity index (χ4n) is 0.739. The van der Waals surface area contributed by atoms with Crippen molar-refractivity contribution in [3.05, 3.63) is 27.4 Å². The molecule has 0 unspecified atom stereocenters. The van der Waals surface area contributed by atoms with Gasteiger partial charge in [-0.2, -0.15) is 0 Å². The Morgan fingerprint density at radius 3 is 2.46 bits per heavy atom. The number of benzene rings is 1. The van der Waals surface area contributed by atoms with Crippen molar-refractivity contribution in [2.75, 3.05) is 0 Å². The second kappa shape index (κ2) is 3.53. The normalized spacial score (nSPS) is 11.7. The van der Waals surface area contributed by atoms with Crippen LogP contribution in [-0.4, -0.2) is 8.42 Å². The van der Waals surface area contributed by atoms with Gasteiger partial charge in [0.15, 0.2) is 0 Å². The Kier molecular flexibility index (Phi) is 2.96. The maximum absolute atomic E-state index is 12.9. The third-order valence-corrected chi connectivity index (χ3v) is 3.16. The molecule has 0 aliphatic heterocycles. The Balaban J connectivity index is 3.56. The second-order valence-corrected chi connectivity index (χ2v) is 5.07. The summed E-state index contributed by atoms with van der Waals surface area (Å²) in [4.78, 5) is -0.430. The molecule has 0 radical (unpaired) electrons. The SMILES string of the molecule is NS(=O)(=O)c1cc(Br)cc(F)c1Cl. The van der Waals surface area contributed by atoms with E-state index in [1.54, 1.807) is 0 Å². The minimum atomic E-state index is -3.98. The van der Waals surface area contributed by atoms with Gasteiger partial charge in [-0.15, -0.1) is 0 Å². The molecule has 0 atom stereocenters. The van der Waals surface area contributed by atoms with Crippen LogP contribution in [0.5, 0.6) is 0 Å². The fraction of sp³-hybridized carbons (Fsp3) is 0. The number of rotatable bonds is 1. The Morgan fingerprint density at radius 2 is 2.00 bits per heavy atom. The van der Waals surface area contributed by atoms with Crippen molar-refractivity contribution in [1.82, 2.24) is 0 Å². The Bertz CT molecular complexity index is 448. The smallest absolute Gasteiger partial charge is 0.225 e. The van der Waals surface area contributed by atoms with Gasteiger partial charge in [0.2, 0.25) is 10.0 Å². The van der Waals surface area contributed by atoms with Crippen LogP contribution in [0.4, 0.5) is 4.39 Å². The molecule has 0 aliphatic carbocycles. The van der Waals surface area contributed by atoms with Crippen LogP contribution in [0.2, 0.25) is 5.02 Å². The molecule has 13 heavy (non-hydrogen) atoms. The van der Waals surface area contributed by atoms with Crippen LogP contribution >= 0.6 is 27.5 Å². The van der Waals surface area contributed by atoms with E-state index >= 15 is 0 Å². The van der Waals surface area contributed by atoms with Crippen molar-refractivity contribution in [3.8, 4) is 0 Å². The minimum Gasteiger partial charge on any atom is -0.225 e. The summed E-state index contributed by atoms with van der Waals surface area (Å²) >= 11 is 8.32. The number of hydrogen-bond donors (Lipinski definition) is 1. The van der Waals surface area contributed by atoms with Crippen molar-refractivity contribution < 1.29 is 12.8 Å². The Morgan fingerprint density at radius 1 is 1.46 bits per heavy atom. The van der Waals surface area contributed by atoms with Gasteiger partial charge in [-0.05, 0) is 12.1 Å². The highest BCUT2D eigenvalue weighted by Crippen LogP contribution is 2.27. The Labute approximate surface area is 87.9 Å². The van der Waals surface area contributed by atoms with Gasteiger partial charge in [0.25, 0.3) is 0 Å². The van der Waals surface area contributed by atoms with Gasteiger partial charge in [0, 0.05) is 4.47 Å². The van der Waals surface area contributed by atoms with E-state index in [2.05, 4.69) is 15.9 Å². The number of halogens is 3. The third-order valence-electron chi connectivity index (χ3n) is 1.27. The molecule has 2 N–H and O–H groups in total. The molecule has 1 aromatic carbocycles. The van der Waals surface area contributed by atoms with E-state index < -0.39 is 25.8 Å². The number of sulfonamides is 1. The third kappa shape index (κ3) is 2.40. The standard InChI is InChI=1S/C6H4BrClFNO2S/c7-3-1-4(9)6(8)5(2-3)13(10,11)12/h1-2H,(H2,10,11,12). The number of hydrogen-bond acceptors (Lipinski definition) is 2. The first-order chi connectivity index (χ1) is 5.82. The lowest BCUT2D eigenvalue weighted by Gasteiger charge is -2.02. The van der Waals surface area contributed by atoms with E-state index in [1.165, 1.54) is 0 Å². The summed E-state index contributed by atoms with van der Waals surface area (Å²) in [5, 5.41) is 4.30. The predicted molar refractivity (Wildman–Crippen MR) is 50.5 cm³/mol. The molecule has 0 aromatic heterocycles. The van der Waals surface area contributed by atoms with Crippen LogP contribution in [0.25, 0.3) is 0 Å². The van der Waals surface area contributed by atoms with Crippen molar-refractivity contribution in [2.45, 2.75) is 4.90 Å². The zero-order chi connectivity index (χ0) is 10.2. The quantitative estimate of drug-likeness (QED) is 0.802. The largest absolute Gasteiger partial charge is 0.239 e. The summed E-state index contributed by atoms with van der Waals surface area (Å²) in [5.41, 5.74) is 0. The molecular formula is C6H4BrClFNO2S. The molecule has 3 nitrogen and oxygen atoms in total. The Hall–Kier alpha value is -0.170. The summed E-state index contributed by atoms with van der Waals surface area (Å²) in [6.45, 7) is 0. The summed E-state index contributed by atoms with van der Waals surface area (Å²) < 4.78 is 34.9. The average molecular weight is 289 g/mol. The lowest BCUT2D eigenvalue weighted by Crippen LogP contribution is -2.13. The first-order valence-corrected chi connectivity index (χ1v) is 5.71. The molecule has 0 fully saturated rings. The molecule has 0 saturated heterocycles. The zero-order valence-corrected chi connectivity index (χ0v) is 9.25. The van der Waals surface area contributed by atoms with Crippen molar-refractivity contribution >= 4 is 37.6 Å². The molecule has 0 saturated carbocycles. The average Bonchev–Trinajstić information content (AvgIpc) is 1.94. The monoisotopic (exact) mass is 287 g/mol. The predicted octanol–water partition coefficient (Wildman–Crippen LogP) is 1.89. The van der Waals surface area contributed by atoms with Crippen LogP contribution < -0.4 is 5.14 Å². The second-order valence-electron chi connectivity index (χ2n) is 2.24. The van der Waals surface area contributed by atoms with E-state index in [-0.39, 0.29) is 4.47 Å². The molecule has 0 bridgehead atoms.